The molecule has 0 spiro atoms. The van der Waals surface area contributed by atoms with E-state index in [1.165, 1.54) is 28.0 Å². The van der Waals surface area contributed by atoms with Crippen molar-refractivity contribution in [1.29, 1.82) is 0 Å². The number of para-hydroxylation sites is 1. The molecule has 2 rings (SSSR count). The van der Waals surface area contributed by atoms with Gasteiger partial charge in [0.25, 0.3) is 0 Å². The second kappa shape index (κ2) is 5.49. The molecule has 1 aromatic carbocycles. The van der Waals surface area contributed by atoms with Crippen LogP contribution in [-0.2, 0) is 17.2 Å². The summed E-state index contributed by atoms with van der Waals surface area (Å²) in [5.41, 5.74) is 0.340. The maximum atomic E-state index is 11.1. The smallest absolute Gasteiger partial charge is 0.744 e. The predicted molar refractivity (Wildman–Crippen MR) is 58.5 cm³/mol. The summed E-state index contributed by atoms with van der Waals surface area (Å²) in [5, 5.41) is 3.52. The molecule has 0 aliphatic carbocycles. The molecule has 0 saturated carbocycles. The summed E-state index contributed by atoms with van der Waals surface area (Å²) in [6, 6.07) is 4.50. The van der Waals surface area contributed by atoms with Gasteiger partial charge < -0.3 is 15.0 Å². The minimum Gasteiger partial charge on any atom is -0.744 e. The Kier molecular flexibility index (Phi) is 4.94. The zero-order chi connectivity index (χ0) is 11.9. The maximum Gasteiger partial charge on any atom is 1.00 e. The molecule has 1 aromatic heterocycles. The SMILES string of the molecule is Cn1/c(=N\N)sc2cccc(S(=O)(=O)[O-])c21.[K+]. The van der Waals surface area contributed by atoms with Gasteiger partial charge in [0.05, 0.1) is 15.1 Å². The van der Waals surface area contributed by atoms with E-state index in [4.69, 9.17) is 5.84 Å². The summed E-state index contributed by atoms with van der Waals surface area (Å²) in [6.07, 6.45) is 0. The molecule has 0 atom stereocenters. The Morgan fingerprint density at radius 2 is 2.12 bits per heavy atom. The molecule has 0 unspecified atom stereocenters. The molecule has 0 fully saturated rings. The first-order valence-electron chi connectivity index (χ1n) is 4.23. The Bertz CT molecular complexity index is 717. The molecule has 0 amide bonds. The summed E-state index contributed by atoms with van der Waals surface area (Å²) >= 11 is 1.22. The van der Waals surface area contributed by atoms with Crippen molar-refractivity contribution in [2.75, 3.05) is 0 Å². The quantitative estimate of drug-likeness (QED) is 0.261. The first-order chi connectivity index (χ1) is 7.45. The van der Waals surface area contributed by atoms with Crippen molar-refractivity contribution in [3.05, 3.63) is 23.0 Å². The number of hydrogen-bond acceptors (Lipinski definition) is 6. The van der Waals surface area contributed by atoms with E-state index < -0.39 is 10.1 Å². The van der Waals surface area contributed by atoms with Crippen molar-refractivity contribution in [3.63, 3.8) is 0 Å². The third-order valence-electron chi connectivity index (χ3n) is 2.17. The Hall–Kier alpha value is 0.256. The number of thiazole rings is 1. The Labute approximate surface area is 144 Å². The van der Waals surface area contributed by atoms with Crippen LogP contribution in [0.3, 0.4) is 0 Å². The summed E-state index contributed by atoms with van der Waals surface area (Å²) in [4.78, 5) is 0.199. The van der Waals surface area contributed by atoms with Gasteiger partial charge in [0.1, 0.15) is 10.1 Å². The van der Waals surface area contributed by atoms with Gasteiger partial charge in [-0.3, -0.25) is 0 Å². The average molecular weight is 297 g/mol. The molecular weight excluding hydrogens is 289 g/mol. The number of nitrogens with two attached hydrogens (primary N) is 1. The van der Waals surface area contributed by atoms with E-state index >= 15 is 0 Å². The van der Waals surface area contributed by atoms with Crippen LogP contribution in [0.5, 0.6) is 0 Å². The summed E-state index contributed by atoms with van der Waals surface area (Å²) in [5.74, 6) is 5.16. The fourth-order valence-corrected chi connectivity index (χ4v) is 3.25. The summed E-state index contributed by atoms with van der Waals surface area (Å²) < 4.78 is 35.4. The largest absolute Gasteiger partial charge is 1.00 e. The second-order valence-corrected chi connectivity index (χ2v) is 5.49. The molecule has 0 aliphatic heterocycles. The van der Waals surface area contributed by atoms with E-state index in [1.54, 1.807) is 13.1 Å². The van der Waals surface area contributed by atoms with Crippen LogP contribution in [0.1, 0.15) is 0 Å². The van der Waals surface area contributed by atoms with Gasteiger partial charge in [0.2, 0.25) is 4.80 Å². The van der Waals surface area contributed by atoms with Crippen LogP contribution < -0.4 is 62.0 Å². The average Bonchev–Trinajstić information content (AvgIpc) is 2.54. The van der Waals surface area contributed by atoms with E-state index in [9.17, 15) is 13.0 Å². The van der Waals surface area contributed by atoms with Gasteiger partial charge in [-0.2, -0.15) is 5.10 Å². The first-order valence-corrected chi connectivity index (χ1v) is 6.46. The zero-order valence-corrected chi connectivity index (χ0v) is 14.0. The van der Waals surface area contributed by atoms with Gasteiger partial charge in [0, 0.05) is 7.05 Å². The third kappa shape index (κ3) is 2.82. The number of benzene rings is 1. The van der Waals surface area contributed by atoms with E-state index in [-0.39, 0.29) is 56.3 Å². The molecule has 2 aromatic rings. The zero-order valence-electron chi connectivity index (χ0n) is 9.25. The molecule has 0 aliphatic rings. The van der Waals surface area contributed by atoms with Gasteiger partial charge >= 0.3 is 51.4 Å². The maximum absolute atomic E-state index is 11.1. The van der Waals surface area contributed by atoms with Crippen LogP contribution in [0.25, 0.3) is 10.2 Å². The van der Waals surface area contributed by atoms with Crippen LogP contribution in [0.15, 0.2) is 28.2 Å². The number of aryl methyl sites for hydroxylation is 1. The normalized spacial score (nSPS) is 12.7. The topological polar surface area (TPSA) is 101 Å². The van der Waals surface area contributed by atoms with E-state index in [2.05, 4.69) is 5.10 Å². The number of aromatic nitrogens is 1. The van der Waals surface area contributed by atoms with Gasteiger partial charge in [-0.25, -0.2) is 8.42 Å². The van der Waals surface area contributed by atoms with Gasteiger partial charge in [-0.05, 0) is 12.1 Å². The molecule has 0 saturated heterocycles. The van der Waals surface area contributed by atoms with Crippen molar-refractivity contribution in [2.24, 2.45) is 18.0 Å². The molecular formula is C8H8KN3O3S2. The minimum absolute atomic E-state index is 0. The van der Waals surface area contributed by atoms with Crippen LogP contribution in [0.4, 0.5) is 0 Å². The van der Waals surface area contributed by atoms with Crippen molar-refractivity contribution in [1.82, 2.24) is 4.57 Å². The molecule has 0 bridgehead atoms. The Balaban J connectivity index is 0.00000144. The summed E-state index contributed by atoms with van der Waals surface area (Å²) in [6.45, 7) is 0. The van der Waals surface area contributed by atoms with Crippen molar-refractivity contribution >= 4 is 31.7 Å². The van der Waals surface area contributed by atoms with Crippen molar-refractivity contribution in [2.45, 2.75) is 4.90 Å². The number of nitrogens with zero attached hydrogens (tertiary/aromatic N) is 2. The molecule has 86 valence electrons. The van der Waals surface area contributed by atoms with Crippen molar-refractivity contribution in [3.8, 4) is 0 Å². The molecule has 9 heteroatoms. The van der Waals surface area contributed by atoms with Gasteiger partial charge in [-0.1, -0.05) is 17.4 Å². The molecule has 1 heterocycles. The van der Waals surface area contributed by atoms with Crippen molar-refractivity contribution < 1.29 is 64.4 Å². The third-order valence-corrected chi connectivity index (χ3v) is 4.14. The number of rotatable bonds is 1. The van der Waals surface area contributed by atoms with Gasteiger partial charge in [0.15, 0.2) is 0 Å². The minimum atomic E-state index is -4.49. The number of fused-ring (bicyclic) bond motifs is 1. The van der Waals surface area contributed by atoms with E-state index in [1.807, 2.05) is 0 Å². The van der Waals surface area contributed by atoms with E-state index in [0.29, 0.717) is 15.0 Å². The molecule has 6 nitrogen and oxygen atoms in total. The standard InChI is InChI=1S/C8H9N3O3S2.K/c1-11-7-5(15-8(11)10-9)3-2-4-6(7)16(12,13)14;/h2-4H,9H2,1H3,(H,12,13,14);/q;+1/p-1/b10-8+;. The van der Waals surface area contributed by atoms with Crippen LogP contribution >= 0.6 is 11.3 Å². The molecule has 17 heavy (non-hydrogen) atoms. The predicted octanol–water partition coefficient (Wildman–Crippen LogP) is -3.08. The summed E-state index contributed by atoms with van der Waals surface area (Å²) in [7, 11) is -2.88. The second-order valence-electron chi connectivity index (χ2n) is 3.13. The monoisotopic (exact) mass is 297 g/mol. The van der Waals surface area contributed by atoms with Crippen LogP contribution in [-0.4, -0.2) is 17.5 Å². The van der Waals surface area contributed by atoms with Gasteiger partial charge in [-0.15, -0.1) is 0 Å². The van der Waals surface area contributed by atoms with E-state index in [0.717, 1.165) is 0 Å². The fraction of sp³-hybridized carbons (Fsp3) is 0.125. The van der Waals surface area contributed by atoms with Crippen LogP contribution in [0, 0.1) is 0 Å². The Morgan fingerprint density at radius 3 is 2.65 bits per heavy atom. The fourth-order valence-electron chi connectivity index (χ4n) is 1.49. The molecule has 0 radical (unpaired) electrons. The number of hydrogen-bond donors (Lipinski definition) is 1. The van der Waals surface area contributed by atoms with Crippen LogP contribution in [0.2, 0.25) is 0 Å². The molecule has 2 N–H and O–H groups in total. The Morgan fingerprint density at radius 1 is 1.47 bits per heavy atom. The first kappa shape index (κ1) is 15.3.